The van der Waals surface area contributed by atoms with E-state index in [2.05, 4.69) is 31.0 Å². The predicted octanol–water partition coefficient (Wildman–Crippen LogP) is 2.53. The van der Waals surface area contributed by atoms with E-state index in [1.807, 2.05) is 6.07 Å². The summed E-state index contributed by atoms with van der Waals surface area (Å²) in [6.45, 7) is 4.91. The van der Waals surface area contributed by atoms with Gasteiger partial charge in [0.15, 0.2) is 11.5 Å². The Labute approximate surface area is 95.7 Å². The maximum absolute atomic E-state index is 5.67. The number of rotatable bonds is 4. The van der Waals surface area contributed by atoms with E-state index in [9.17, 15) is 0 Å². The second-order valence-corrected chi connectivity index (χ2v) is 4.31. The molecule has 0 saturated heterocycles. The van der Waals surface area contributed by atoms with Crippen molar-refractivity contribution in [2.45, 2.75) is 26.7 Å². The van der Waals surface area contributed by atoms with E-state index in [1.54, 1.807) is 0 Å². The first-order chi connectivity index (χ1) is 7.72. The molecule has 1 atom stereocenters. The van der Waals surface area contributed by atoms with E-state index in [0.29, 0.717) is 12.5 Å². The molecule has 1 heterocycles. The van der Waals surface area contributed by atoms with Crippen molar-refractivity contribution in [2.75, 3.05) is 6.54 Å². The third-order valence-electron chi connectivity index (χ3n) is 2.83. The van der Waals surface area contributed by atoms with Crippen molar-refractivity contribution in [1.82, 2.24) is 4.98 Å². The molecule has 0 aliphatic carbocycles. The van der Waals surface area contributed by atoms with Crippen LogP contribution in [0.4, 0.5) is 0 Å². The van der Waals surface area contributed by atoms with E-state index in [4.69, 9.17) is 10.2 Å². The molecule has 1 aromatic carbocycles. The lowest BCUT2D eigenvalue weighted by Crippen LogP contribution is -2.13. The van der Waals surface area contributed by atoms with Crippen LogP contribution in [0, 0.1) is 5.92 Å². The molecule has 0 spiro atoms. The standard InChI is InChI=1S/C13H18N2O/c1-3-10-4-5-12-11(7-10)15-13(16-12)6-9(2)8-14/h4-5,7,9H,3,6,8,14H2,1-2H3. The maximum Gasteiger partial charge on any atom is 0.195 e. The third-order valence-corrected chi connectivity index (χ3v) is 2.83. The van der Waals surface area contributed by atoms with E-state index >= 15 is 0 Å². The second-order valence-electron chi connectivity index (χ2n) is 4.31. The van der Waals surface area contributed by atoms with Crippen LogP contribution in [0.5, 0.6) is 0 Å². The molecule has 0 saturated carbocycles. The summed E-state index contributed by atoms with van der Waals surface area (Å²) in [4.78, 5) is 4.49. The van der Waals surface area contributed by atoms with Crippen LogP contribution < -0.4 is 5.73 Å². The Hall–Kier alpha value is -1.35. The van der Waals surface area contributed by atoms with Gasteiger partial charge in [-0.3, -0.25) is 0 Å². The normalized spacial score (nSPS) is 13.2. The van der Waals surface area contributed by atoms with Crippen LogP contribution in [0.15, 0.2) is 22.6 Å². The van der Waals surface area contributed by atoms with E-state index in [-0.39, 0.29) is 0 Å². The summed E-state index contributed by atoms with van der Waals surface area (Å²) in [5, 5.41) is 0. The largest absolute Gasteiger partial charge is 0.441 e. The van der Waals surface area contributed by atoms with Crippen LogP contribution in [-0.2, 0) is 12.8 Å². The van der Waals surface area contributed by atoms with Gasteiger partial charge in [-0.25, -0.2) is 4.98 Å². The maximum atomic E-state index is 5.67. The highest BCUT2D eigenvalue weighted by atomic mass is 16.3. The summed E-state index contributed by atoms with van der Waals surface area (Å²) < 4.78 is 5.67. The van der Waals surface area contributed by atoms with Gasteiger partial charge in [0.25, 0.3) is 0 Å². The average molecular weight is 218 g/mol. The molecule has 0 bridgehead atoms. The fraction of sp³-hybridized carbons (Fsp3) is 0.462. The Morgan fingerprint density at radius 3 is 2.94 bits per heavy atom. The minimum absolute atomic E-state index is 0.415. The first-order valence-electron chi connectivity index (χ1n) is 5.81. The Morgan fingerprint density at radius 1 is 1.44 bits per heavy atom. The van der Waals surface area contributed by atoms with Gasteiger partial charge in [-0.1, -0.05) is 19.9 Å². The van der Waals surface area contributed by atoms with Gasteiger partial charge in [0.1, 0.15) is 5.52 Å². The molecule has 3 nitrogen and oxygen atoms in total. The van der Waals surface area contributed by atoms with Gasteiger partial charge in [0.2, 0.25) is 0 Å². The third kappa shape index (κ3) is 2.25. The van der Waals surface area contributed by atoms with Crippen molar-refractivity contribution in [2.24, 2.45) is 11.7 Å². The molecule has 1 aromatic heterocycles. The molecule has 3 heteroatoms. The van der Waals surface area contributed by atoms with Crippen molar-refractivity contribution >= 4 is 11.1 Å². The highest BCUT2D eigenvalue weighted by molar-refractivity contribution is 5.73. The number of aryl methyl sites for hydroxylation is 1. The van der Waals surface area contributed by atoms with E-state index in [1.165, 1.54) is 5.56 Å². The zero-order valence-electron chi connectivity index (χ0n) is 9.86. The fourth-order valence-electron chi connectivity index (χ4n) is 1.71. The number of nitrogens with two attached hydrogens (primary N) is 1. The van der Waals surface area contributed by atoms with Crippen molar-refractivity contribution in [3.05, 3.63) is 29.7 Å². The topological polar surface area (TPSA) is 52.0 Å². The molecular formula is C13H18N2O. The molecule has 0 amide bonds. The monoisotopic (exact) mass is 218 g/mol. The van der Waals surface area contributed by atoms with Gasteiger partial charge >= 0.3 is 0 Å². The SMILES string of the molecule is CCc1ccc2oc(CC(C)CN)nc2c1. The van der Waals surface area contributed by atoms with Crippen LogP contribution in [0.2, 0.25) is 0 Å². The summed E-state index contributed by atoms with van der Waals surface area (Å²) >= 11 is 0. The zero-order valence-corrected chi connectivity index (χ0v) is 9.86. The Kier molecular flexibility index (Phi) is 3.25. The summed E-state index contributed by atoms with van der Waals surface area (Å²) in [6, 6.07) is 6.18. The molecule has 2 N–H and O–H groups in total. The first-order valence-corrected chi connectivity index (χ1v) is 5.81. The summed E-state index contributed by atoms with van der Waals surface area (Å²) in [5.74, 6) is 1.21. The Morgan fingerprint density at radius 2 is 2.25 bits per heavy atom. The fourth-order valence-corrected chi connectivity index (χ4v) is 1.71. The van der Waals surface area contributed by atoms with Gasteiger partial charge < -0.3 is 10.2 Å². The molecule has 0 aliphatic heterocycles. The van der Waals surface area contributed by atoms with Gasteiger partial charge in [-0.2, -0.15) is 0 Å². The molecule has 16 heavy (non-hydrogen) atoms. The highest BCUT2D eigenvalue weighted by Gasteiger charge is 2.09. The summed E-state index contributed by atoms with van der Waals surface area (Å²) in [6.07, 6.45) is 1.84. The number of benzene rings is 1. The van der Waals surface area contributed by atoms with Gasteiger partial charge in [0.05, 0.1) is 0 Å². The van der Waals surface area contributed by atoms with Crippen molar-refractivity contribution in [1.29, 1.82) is 0 Å². The van der Waals surface area contributed by atoms with Crippen molar-refractivity contribution in [3.63, 3.8) is 0 Å². The van der Waals surface area contributed by atoms with Crippen molar-refractivity contribution < 1.29 is 4.42 Å². The van der Waals surface area contributed by atoms with Gasteiger partial charge in [0, 0.05) is 6.42 Å². The minimum Gasteiger partial charge on any atom is -0.441 e. The van der Waals surface area contributed by atoms with Crippen LogP contribution in [0.25, 0.3) is 11.1 Å². The lowest BCUT2D eigenvalue weighted by Gasteiger charge is -2.02. The number of fused-ring (bicyclic) bond motifs is 1. The number of oxazole rings is 1. The summed E-state index contributed by atoms with van der Waals surface area (Å²) in [5.41, 5.74) is 8.71. The first kappa shape index (κ1) is 11.1. The number of hydrogen-bond donors (Lipinski definition) is 1. The van der Waals surface area contributed by atoms with Crippen LogP contribution in [0.3, 0.4) is 0 Å². The quantitative estimate of drug-likeness (QED) is 0.858. The average Bonchev–Trinajstić information content (AvgIpc) is 2.69. The number of aromatic nitrogens is 1. The molecule has 86 valence electrons. The molecule has 0 aliphatic rings. The lowest BCUT2D eigenvalue weighted by molar-refractivity contribution is 0.468. The van der Waals surface area contributed by atoms with Gasteiger partial charge in [-0.05, 0) is 36.6 Å². The summed E-state index contributed by atoms with van der Waals surface area (Å²) in [7, 11) is 0. The molecule has 2 aromatic rings. The van der Waals surface area contributed by atoms with Crippen LogP contribution in [0.1, 0.15) is 25.3 Å². The minimum atomic E-state index is 0.415. The number of hydrogen-bond acceptors (Lipinski definition) is 3. The molecule has 0 fully saturated rings. The second kappa shape index (κ2) is 4.66. The lowest BCUT2D eigenvalue weighted by atomic mass is 10.1. The number of nitrogens with zero attached hydrogens (tertiary/aromatic N) is 1. The highest BCUT2D eigenvalue weighted by Crippen LogP contribution is 2.19. The Balaban J connectivity index is 2.29. The molecule has 0 radical (unpaired) electrons. The van der Waals surface area contributed by atoms with Crippen LogP contribution in [-0.4, -0.2) is 11.5 Å². The van der Waals surface area contributed by atoms with E-state index < -0.39 is 0 Å². The van der Waals surface area contributed by atoms with Crippen LogP contribution >= 0.6 is 0 Å². The zero-order chi connectivity index (χ0) is 11.5. The molecule has 2 rings (SSSR count). The van der Waals surface area contributed by atoms with E-state index in [0.717, 1.165) is 29.8 Å². The smallest absolute Gasteiger partial charge is 0.195 e. The Bertz CT molecular complexity index is 476. The molecular weight excluding hydrogens is 200 g/mol. The van der Waals surface area contributed by atoms with Crippen molar-refractivity contribution in [3.8, 4) is 0 Å². The predicted molar refractivity (Wildman–Crippen MR) is 65.3 cm³/mol. The van der Waals surface area contributed by atoms with Gasteiger partial charge in [-0.15, -0.1) is 0 Å². The molecule has 1 unspecified atom stereocenters.